The molecule has 3 rings (SSSR count). The summed E-state index contributed by atoms with van der Waals surface area (Å²) in [6.07, 6.45) is 0.0810. The number of nitrogens with two attached hydrogens (primary N) is 1. The van der Waals surface area contributed by atoms with E-state index in [9.17, 15) is 13.6 Å². The van der Waals surface area contributed by atoms with Crippen molar-refractivity contribution < 1.29 is 18.7 Å². The van der Waals surface area contributed by atoms with Crippen LogP contribution in [0.5, 0.6) is 0 Å². The highest BCUT2D eigenvalue weighted by atomic mass is 35.5. The minimum absolute atomic E-state index is 0. The van der Waals surface area contributed by atoms with Crippen molar-refractivity contribution in [1.29, 1.82) is 0 Å². The molecule has 3 saturated carbocycles. The van der Waals surface area contributed by atoms with E-state index in [1.54, 1.807) is 0 Å². The van der Waals surface area contributed by atoms with Gasteiger partial charge in [0, 0.05) is 6.54 Å². The van der Waals surface area contributed by atoms with Crippen molar-refractivity contribution in [3.05, 3.63) is 0 Å². The molecule has 3 fully saturated rings. The Morgan fingerprint density at radius 2 is 1.92 bits per heavy atom. The normalized spacial score (nSPS) is 43.9. The third-order valence-corrected chi connectivity index (χ3v) is 3.35. The van der Waals surface area contributed by atoms with Crippen LogP contribution in [-0.4, -0.2) is 23.5 Å². The fourth-order valence-corrected chi connectivity index (χ4v) is 2.40. The summed E-state index contributed by atoms with van der Waals surface area (Å²) in [4.78, 5) is 10.5. The molecule has 6 heteroatoms. The van der Waals surface area contributed by atoms with Crippen molar-refractivity contribution in [2.24, 2.45) is 16.6 Å². The fourth-order valence-electron chi connectivity index (χ4n) is 2.40. The summed E-state index contributed by atoms with van der Waals surface area (Å²) in [7, 11) is 0. The molecule has 0 aromatic carbocycles. The first-order chi connectivity index (χ1) is 5.42. The molecule has 0 heterocycles. The second-order valence-corrected chi connectivity index (χ2v) is 3.80. The van der Waals surface area contributed by atoms with E-state index in [-0.39, 0.29) is 31.8 Å². The van der Waals surface area contributed by atoms with Crippen molar-refractivity contribution in [3.63, 3.8) is 0 Å². The Morgan fingerprint density at radius 3 is 2.15 bits per heavy atom. The smallest absolute Gasteiger partial charge is 0.315 e. The van der Waals surface area contributed by atoms with Crippen LogP contribution in [0.25, 0.3) is 0 Å². The Hall–Kier alpha value is -0.420. The molecule has 3 aliphatic carbocycles. The van der Waals surface area contributed by atoms with Crippen LogP contribution in [0.3, 0.4) is 0 Å². The molecule has 13 heavy (non-hydrogen) atoms. The van der Waals surface area contributed by atoms with Gasteiger partial charge in [0.15, 0.2) is 0 Å². The van der Waals surface area contributed by atoms with E-state index < -0.39 is 22.7 Å². The van der Waals surface area contributed by atoms with Gasteiger partial charge in [-0.15, -0.1) is 12.4 Å². The lowest BCUT2D eigenvalue weighted by Crippen LogP contribution is -2.83. The van der Waals surface area contributed by atoms with Gasteiger partial charge in [0.1, 0.15) is 5.41 Å². The van der Waals surface area contributed by atoms with E-state index in [1.807, 2.05) is 0 Å². The fraction of sp³-hybridized carbons (Fsp3) is 0.857. The molecule has 0 atom stereocenters. The van der Waals surface area contributed by atoms with Gasteiger partial charge >= 0.3 is 5.97 Å². The lowest BCUT2D eigenvalue weighted by molar-refractivity contribution is -0.392. The molecule has 0 radical (unpaired) electrons. The molecular weight excluding hydrogens is 204 g/mol. The van der Waals surface area contributed by atoms with Crippen LogP contribution in [0.15, 0.2) is 0 Å². The topological polar surface area (TPSA) is 63.3 Å². The van der Waals surface area contributed by atoms with Crippen molar-refractivity contribution in [3.8, 4) is 0 Å². The standard InChI is InChI=1S/C7H9F2NO2.ClH/c8-7(9)5(3-10)1-6(7,2-5)4(11)12;/h1-3,10H2,(H,11,12);1H. The quantitative estimate of drug-likeness (QED) is 0.716. The Labute approximate surface area is 79.7 Å². The van der Waals surface area contributed by atoms with Crippen LogP contribution < -0.4 is 5.73 Å². The first-order valence-electron chi connectivity index (χ1n) is 3.73. The van der Waals surface area contributed by atoms with Gasteiger partial charge < -0.3 is 10.8 Å². The molecule has 0 aliphatic heterocycles. The number of hydrogen-bond donors (Lipinski definition) is 2. The van der Waals surface area contributed by atoms with Gasteiger partial charge in [-0.1, -0.05) is 0 Å². The number of aliphatic carboxylic acids is 1. The zero-order valence-electron chi connectivity index (χ0n) is 6.72. The van der Waals surface area contributed by atoms with Gasteiger partial charge in [-0.25, -0.2) is 8.78 Å². The summed E-state index contributed by atoms with van der Waals surface area (Å²) < 4.78 is 26.2. The summed E-state index contributed by atoms with van der Waals surface area (Å²) in [5.41, 5.74) is 2.21. The van der Waals surface area contributed by atoms with Crippen molar-refractivity contribution in [2.75, 3.05) is 6.54 Å². The molecule has 76 valence electrons. The van der Waals surface area contributed by atoms with Gasteiger partial charge in [0.05, 0.1) is 5.41 Å². The number of carboxylic acids is 1. The maximum absolute atomic E-state index is 13.1. The summed E-state index contributed by atoms with van der Waals surface area (Å²) in [5, 5.41) is 8.56. The van der Waals surface area contributed by atoms with Crippen LogP contribution in [-0.2, 0) is 4.79 Å². The summed E-state index contributed by atoms with van der Waals surface area (Å²) in [6.45, 7) is -0.116. The summed E-state index contributed by atoms with van der Waals surface area (Å²) in [6, 6.07) is 0. The molecule has 3 aliphatic rings. The maximum Gasteiger partial charge on any atom is 0.315 e. The average Bonchev–Trinajstić information content (AvgIpc) is 1.84. The van der Waals surface area contributed by atoms with Crippen molar-refractivity contribution in [1.82, 2.24) is 0 Å². The second-order valence-electron chi connectivity index (χ2n) is 3.80. The highest BCUT2D eigenvalue weighted by molar-refractivity contribution is 5.85. The molecule has 0 saturated heterocycles. The molecule has 0 amide bonds. The van der Waals surface area contributed by atoms with Gasteiger partial charge in [0.2, 0.25) is 0 Å². The molecule has 0 spiro atoms. The van der Waals surface area contributed by atoms with Gasteiger partial charge in [-0.3, -0.25) is 4.79 Å². The number of rotatable bonds is 2. The van der Waals surface area contributed by atoms with Gasteiger partial charge in [-0.2, -0.15) is 0 Å². The Balaban J connectivity index is 0.000000845. The molecule has 0 unspecified atom stereocenters. The molecule has 3 N–H and O–H groups in total. The second kappa shape index (κ2) is 2.33. The van der Waals surface area contributed by atoms with Crippen LogP contribution in [0.4, 0.5) is 8.78 Å². The minimum atomic E-state index is -3.08. The maximum atomic E-state index is 13.1. The average molecular weight is 214 g/mol. The minimum Gasteiger partial charge on any atom is -0.481 e. The van der Waals surface area contributed by atoms with E-state index in [1.165, 1.54) is 0 Å². The lowest BCUT2D eigenvalue weighted by atomic mass is 9.32. The van der Waals surface area contributed by atoms with E-state index in [0.29, 0.717) is 0 Å². The summed E-state index contributed by atoms with van der Waals surface area (Å²) in [5.74, 6) is -4.47. The molecule has 3 nitrogen and oxygen atoms in total. The van der Waals surface area contributed by atoms with Gasteiger partial charge in [0.25, 0.3) is 5.92 Å². The first-order valence-corrected chi connectivity index (χ1v) is 3.73. The highest BCUT2D eigenvalue weighted by Gasteiger charge is 2.90. The lowest BCUT2D eigenvalue weighted by Gasteiger charge is -2.72. The van der Waals surface area contributed by atoms with Crippen molar-refractivity contribution in [2.45, 2.75) is 18.8 Å². The highest BCUT2D eigenvalue weighted by Crippen LogP contribution is 2.81. The Morgan fingerprint density at radius 1 is 1.46 bits per heavy atom. The van der Waals surface area contributed by atoms with E-state index in [0.717, 1.165) is 0 Å². The zero-order chi connectivity index (χ0) is 9.20. The third-order valence-electron chi connectivity index (χ3n) is 3.35. The number of alkyl halides is 2. The first kappa shape index (κ1) is 10.7. The summed E-state index contributed by atoms with van der Waals surface area (Å²) >= 11 is 0. The van der Waals surface area contributed by atoms with Crippen LogP contribution in [0.2, 0.25) is 0 Å². The number of hydrogen-bond acceptors (Lipinski definition) is 2. The molecule has 2 bridgehead atoms. The Bertz CT molecular complexity index is 263. The van der Waals surface area contributed by atoms with E-state index in [2.05, 4.69) is 0 Å². The number of carboxylic acid groups (broad SMARTS) is 1. The number of carbonyl (C=O) groups is 1. The third kappa shape index (κ3) is 0.714. The SMILES string of the molecule is Cl.NCC12CC(C(=O)O)(C1)C2(F)F. The van der Waals surface area contributed by atoms with Crippen LogP contribution in [0, 0.1) is 10.8 Å². The monoisotopic (exact) mass is 213 g/mol. The number of halogens is 3. The predicted octanol–water partition coefficient (Wildman–Crippen LogP) is 0.867. The Kier molecular flexibility index (Phi) is 1.91. The molecular formula is C7H10ClF2NO2. The van der Waals surface area contributed by atoms with E-state index in [4.69, 9.17) is 10.8 Å². The van der Waals surface area contributed by atoms with Crippen LogP contribution in [0.1, 0.15) is 12.8 Å². The largest absolute Gasteiger partial charge is 0.481 e. The molecule has 0 aromatic heterocycles. The van der Waals surface area contributed by atoms with Crippen molar-refractivity contribution >= 4 is 18.4 Å². The van der Waals surface area contributed by atoms with Crippen LogP contribution >= 0.6 is 12.4 Å². The molecule has 0 aromatic rings. The predicted molar refractivity (Wildman–Crippen MR) is 43.0 cm³/mol. The van der Waals surface area contributed by atoms with E-state index >= 15 is 0 Å². The van der Waals surface area contributed by atoms with Gasteiger partial charge in [-0.05, 0) is 12.8 Å². The zero-order valence-corrected chi connectivity index (χ0v) is 7.53.